The lowest BCUT2D eigenvalue weighted by Crippen LogP contribution is -2.13. The molecular formula is C10H6Cl3. The predicted molar refractivity (Wildman–Crippen MR) is 56.4 cm³/mol. The Kier molecular flexibility index (Phi) is 2.31. The molecule has 0 aliphatic heterocycles. The molecule has 2 rings (SSSR count). The van der Waals surface area contributed by atoms with Crippen LogP contribution in [0.5, 0.6) is 0 Å². The number of benzene rings is 1. The first-order valence-corrected chi connectivity index (χ1v) is 4.98. The number of hydrogen-bond donors (Lipinski definition) is 0. The van der Waals surface area contributed by atoms with E-state index in [1.807, 2.05) is 24.3 Å². The minimum Gasteiger partial charge on any atom is -0.0826 e. The van der Waals surface area contributed by atoms with Crippen LogP contribution in [0.1, 0.15) is 17.0 Å². The van der Waals surface area contributed by atoms with E-state index in [4.69, 9.17) is 34.8 Å². The van der Waals surface area contributed by atoms with Crippen molar-refractivity contribution in [2.24, 2.45) is 0 Å². The Hall–Kier alpha value is -0.170. The number of alkyl halides is 3. The Bertz CT molecular complexity index is 349. The second kappa shape index (κ2) is 3.20. The van der Waals surface area contributed by atoms with E-state index in [1.54, 1.807) is 6.08 Å². The molecule has 1 unspecified atom stereocenters. The maximum Gasteiger partial charge on any atom is 0.200 e. The van der Waals surface area contributed by atoms with Crippen molar-refractivity contribution in [3.8, 4) is 0 Å². The number of halogens is 3. The van der Waals surface area contributed by atoms with Crippen molar-refractivity contribution in [1.82, 2.24) is 0 Å². The summed E-state index contributed by atoms with van der Waals surface area (Å²) in [6.45, 7) is 0. The molecule has 0 N–H and O–H groups in total. The molecule has 1 atom stereocenters. The molecule has 1 aliphatic rings. The number of allylic oxidation sites excluding steroid dienone is 1. The van der Waals surface area contributed by atoms with Gasteiger partial charge in [0.15, 0.2) is 0 Å². The molecule has 1 aromatic carbocycles. The highest BCUT2D eigenvalue weighted by Crippen LogP contribution is 2.45. The molecule has 0 bridgehead atoms. The van der Waals surface area contributed by atoms with Crippen molar-refractivity contribution in [3.05, 3.63) is 47.5 Å². The van der Waals surface area contributed by atoms with Crippen LogP contribution in [0.2, 0.25) is 0 Å². The molecule has 0 heterocycles. The lowest BCUT2D eigenvalue weighted by atomic mass is 10.0. The monoisotopic (exact) mass is 231 g/mol. The summed E-state index contributed by atoms with van der Waals surface area (Å²) in [5.41, 5.74) is 2.04. The molecule has 0 aromatic heterocycles. The van der Waals surface area contributed by atoms with Gasteiger partial charge in [0.25, 0.3) is 0 Å². The third-order valence-electron chi connectivity index (χ3n) is 2.05. The highest BCUT2D eigenvalue weighted by atomic mass is 35.6. The van der Waals surface area contributed by atoms with Gasteiger partial charge in [0.05, 0.1) is 5.92 Å². The highest BCUT2D eigenvalue weighted by Gasteiger charge is 2.35. The van der Waals surface area contributed by atoms with E-state index in [0.717, 1.165) is 11.1 Å². The van der Waals surface area contributed by atoms with Crippen LogP contribution in [-0.4, -0.2) is 3.79 Å². The molecule has 0 spiro atoms. The quantitative estimate of drug-likeness (QED) is 0.596. The molecular weight excluding hydrogens is 226 g/mol. The van der Waals surface area contributed by atoms with Crippen LogP contribution in [0.25, 0.3) is 0 Å². The van der Waals surface area contributed by atoms with Gasteiger partial charge in [0.2, 0.25) is 3.79 Å². The molecule has 0 saturated carbocycles. The Morgan fingerprint density at radius 1 is 1.15 bits per heavy atom. The van der Waals surface area contributed by atoms with E-state index in [-0.39, 0.29) is 5.92 Å². The molecule has 0 nitrogen and oxygen atoms in total. The minimum atomic E-state index is -1.28. The fourth-order valence-electron chi connectivity index (χ4n) is 1.43. The first kappa shape index (κ1) is 9.39. The van der Waals surface area contributed by atoms with Gasteiger partial charge in [-0.25, -0.2) is 0 Å². The van der Waals surface area contributed by atoms with Crippen molar-refractivity contribution >= 4 is 34.8 Å². The van der Waals surface area contributed by atoms with E-state index in [1.165, 1.54) is 0 Å². The molecule has 0 saturated heterocycles. The minimum absolute atomic E-state index is 0.173. The van der Waals surface area contributed by atoms with Gasteiger partial charge in [-0.15, -0.1) is 0 Å². The van der Waals surface area contributed by atoms with Crippen molar-refractivity contribution in [2.75, 3.05) is 0 Å². The summed E-state index contributed by atoms with van der Waals surface area (Å²) in [5, 5.41) is 0. The number of hydrogen-bond acceptors (Lipinski definition) is 0. The van der Waals surface area contributed by atoms with Crippen molar-refractivity contribution in [1.29, 1.82) is 0 Å². The Morgan fingerprint density at radius 3 is 2.54 bits per heavy atom. The van der Waals surface area contributed by atoms with Gasteiger partial charge >= 0.3 is 0 Å². The zero-order valence-corrected chi connectivity index (χ0v) is 8.87. The van der Waals surface area contributed by atoms with Gasteiger partial charge in [-0.05, 0) is 17.2 Å². The van der Waals surface area contributed by atoms with E-state index in [9.17, 15) is 0 Å². The lowest BCUT2D eigenvalue weighted by Gasteiger charge is -2.19. The van der Waals surface area contributed by atoms with E-state index >= 15 is 0 Å². The normalized spacial score (nSPS) is 20.4. The zero-order valence-electron chi connectivity index (χ0n) is 6.60. The Balaban J connectivity index is 2.45. The van der Waals surface area contributed by atoms with Gasteiger partial charge in [0.1, 0.15) is 0 Å². The molecule has 1 aliphatic carbocycles. The van der Waals surface area contributed by atoms with Crippen molar-refractivity contribution in [3.63, 3.8) is 0 Å². The van der Waals surface area contributed by atoms with Gasteiger partial charge < -0.3 is 0 Å². The van der Waals surface area contributed by atoms with E-state index < -0.39 is 3.79 Å². The maximum absolute atomic E-state index is 5.83. The van der Waals surface area contributed by atoms with Crippen LogP contribution >= 0.6 is 34.8 Å². The fraction of sp³-hybridized carbons (Fsp3) is 0.200. The molecule has 67 valence electrons. The van der Waals surface area contributed by atoms with Crippen LogP contribution in [-0.2, 0) is 0 Å². The van der Waals surface area contributed by atoms with Gasteiger partial charge in [-0.3, -0.25) is 0 Å². The summed E-state index contributed by atoms with van der Waals surface area (Å²) >= 11 is 17.5. The zero-order chi connectivity index (χ0) is 9.47. The van der Waals surface area contributed by atoms with Crippen LogP contribution < -0.4 is 0 Å². The van der Waals surface area contributed by atoms with Gasteiger partial charge in [-0.1, -0.05) is 65.1 Å². The molecule has 0 fully saturated rings. The topological polar surface area (TPSA) is 0 Å². The van der Waals surface area contributed by atoms with Crippen LogP contribution in [0, 0.1) is 6.08 Å². The van der Waals surface area contributed by atoms with E-state index in [0.29, 0.717) is 0 Å². The third-order valence-corrected chi connectivity index (χ3v) is 2.76. The number of fused-ring (bicyclic) bond motifs is 1. The average molecular weight is 233 g/mol. The Morgan fingerprint density at radius 2 is 1.85 bits per heavy atom. The number of rotatable bonds is 0. The fourth-order valence-corrected chi connectivity index (χ4v) is 1.97. The van der Waals surface area contributed by atoms with Crippen LogP contribution in [0.15, 0.2) is 30.3 Å². The maximum atomic E-state index is 5.83. The summed E-state index contributed by atoms with van der Waals surface area (Å²) in [6, 6.07) is 7.80. The highest BCUT2D eigenvalue weighted by molar-refractivity contribution is 6.68. The smallest absolute Gasteiger partial charge is 0.0826 e. The lowest BCUT2D eigenvalue weighted by molar-refractivity contribution is 0.891. The first-order chi connectivity index (χ1) is 6.09. The second-order valence-corrected chi connectivity index (χ2v) is 5.29. The third kappa shape index (κ3) is 1.71. The Labute approximate surface area is 92.1 Å². The summed E-state index contributed by atoms with van der Waals surface area (Å²) < 4.78 is -1.28. The summed E-state index contributed by atoms with van der Waals surface area (Å²) in [6.07, 6.45) is 4.88. The first-order valence-electron chi connectivity index (χ1n) is 3.84. The second-order valence-electron chi connectivity index (χ2n) is 2.92. The molecule has 13 heavy (non-hydrogen) atoms. The largest absolute Gasteiger partial charge is 0.200 e. The molecule has 1 radical (unpaired) electrons. The van der Waals surface area contributed by atoms with Crippen LogP contribution in [0.3, 0.4) is 0 Å². The van der Waals surface area contributed by atoms with E-state index in [2.05, 4.69) is 6.08 Å². The molecule has 0 amide bonds. The summed E-state index contributed by atoms with van der Waals surface area (Å²) in [5.74, 6) is -0.173. The van der Waals surface area contributed by atoms with Crippen molar-refractivity contribution in [2.45, 2.75) is 9.71 Å². The SMILES string of the molecule is ClC(Cl)(Cl)C1C=[C]c2ccccc21. The van der Waals surface area contributed by atoms with Gasteiger partial charge in [0, 0.05) is 0 Å². The summed E-state index contributed by atoms with van der Waals surface area (Å²) in [7, 11) is 0. The molecule has 1 aromatic rings. The van der Waals surface area contributed by atoms with Crippen molar-refractivity contribution < 1.29 is 0 Å². The standard InChI is InChI=1S/C10H6Cl3/c11-10(12,13)9-6-5-7-3-1-2-4-8(7)9/h1-4,6,9H. The predicted octanol–water partition coefficient (Wildman–Crippen LogP) is 3.86. The summed E-state index contributed by atoms with van der Waals surface area (Å²) in [4.78, 5) is 0. The van der Waals surface area contributed by atoms with Gasteiger partial charge in [-0.2, -0.15) is 0 Å². The molecule has 3 heteroatoms. The van der Waals surface area contributed by atoms with Crippen LogP contribution in [0.4, 0.5) is 0 Å². The average Bonchev–Trinajstić information content (AvgIpc) is 2.45.